The van der Waals surface area contributed by atoms with Crippen molar-refractivity contribution >= 4 is 5.96 Å². The van der Waals surface area contributed by atoms with Gasteiger partial charge in [-0.05, 0) is 44.9 Å². The highest BCUT2D eigenvalue weighted by Crippen LogP contribution is 2.62. The minimum atomic E-state index is 0.425. The SMILES string of the molecule is CN=C(NC1CCN(C2CC2)CC1)NC1C2CCOC2C12CCC2. The van der Waals surface area contributed by atoms with E-state index < -0.39 is 0 Å². The molecule has 3 saturated carbocycles. The minimum Gasteiger partial charge on any atom is -0.377 e. The Labute approximate surface area is 145 Å². The maximum atomic E-state index is 6.04. The van der Waals surface area contributed by atoms with Gasteiger partial charge < -0.3 is 20.3 Å². The fourth-order valence-electron chi connectivity index (χ4n) is 5.82. The highest BCUT2D eigenvalue weighted by molar-refractivity contribution is 5.80. The van der Waals surface area contributed by atoms with Crippen LogP contribution in [0.15, 0.2) is 4.99 Å². The van der Waals surface area contributed by atoms with E-state index in [0.717, 1.165) is 18.6 Å². The lowest BCUT2D eigenvalue weighted by molar-refractivity contribution is -0.171. The molecule has 5 rings (SSSR count). The molecule has 134 valence electrons. The summed E-state index contributed by atoms with van der Waals surface area (Å²) in [5.41, 5.74) is 0.425. The summed E-state index contributed by atoms with van der Waals surface area (Å²) in [4.78, 5) is 7.23. The van der Waals surface area contributed by atoms with Crippen molar-refractivity contribution in [3.8, 4) is 0 Å². The fraction of sp³-hybridized carbons (Fsp3) is 0.947. The predicted molar refractivity (Wildman–Crippen MR) is 95.2 cm³/mol. The maximum Gasteiger partial charge on any atom is 0.191 e. The summed E-state index contributed by atoms with van der Waals surface area (Å²) in [6.45, 7) is 3.47. The van der Waals surface area contributed by atoms with Crippen LogP contribution >= 0.6 is 0 Å². The molecule has 0 aromatic heterocycles. The molecule has 0 aromatic carbocycles. The normalized spacial score (nSPS) is 39.2. The van der Waals surface area contributed by atoms with Gasteiger partial charge in [0.05, 0.1) is 6.10 Å². The molecule has 0 aromatic rings. The molecule has 5 heteroatoms. The van der Waals surface area contributed by atoms with Crippen LogP contribution in [-0.2, 0) is 4.74 Å². The van der Waals surface area contributed by atoms with E-state index in [9.17, 15) is 0 Å². The van der Waals surface area contributed by atoms with Gasteiger partial charge in [-0.3, -0.25) is 4.99 Å². The van der Waals surface area contributed by atoms with Crippen molar-refractivity contribution in [2.24, 2.45) is 16.3 Å². The van der Waals surface area contributed by atoms with Crippen molar-refractivity contribution in [1.29, 1.82) is 0 Å². The van der Waals surface area contributed by atoms with E-state index in [1.165, 1.54) is 64.5 Å². The summed E-state index contributed by atoms with van der Waals surface area (Å²) in [5, 5.41) is 7.53. The molecule has 3 atom stereocenters. The molecule has 5 nitrogen and oxygen atoms in total. The minimum absolute atomic E-state index is 0.425. The van der Waals surface area contributed by atoms with Gasteiger partial charge >= 0.3 is 0 Å². The molecule has 2 N–H and O–H groups in total. The zero-order valence-electron chi connectivity index (χ0n) is 15.0. The average Bonchev–Trinajstić information content (AvgIpc) is 3.32. The number of rotatable bonds is 3. The quantitative estimate of drug-likeness (QED) is 0.610. The van der Waals surface area contributed by atoms with Crippen LogP contribution in [0.3, 0.4) is 0 Å². The lowest BCUT2D eigenvalue weighted by atomic mass is 9.46. The van der Waals surface area contributed by atoms with Gasteiger partial charge in [-0.15, -0.1) is 0 Å². The molecule has 2 aliphatic heterocycles. The van der Waals surface area contributed by atoms with Crippen LogP contribution < -0.4 is 10.6 Å². The van der Waals surface area contributed by atoms with Crippen LogP contribution in [0.2, 0.25) is 0 Å². The van der Waals surface area contributed by atoms with Gasteiger partial charge in [0.15, 0.2) is 5.96 Å². The van der Waals surface area contributed by atoms with Gasteiger partial charge in [0.25, 0.3) is 0 Å². The van der Waals surface area contributed by atoms with Crippen molar-refractivity contribution in [2.45, 2.75) is 75.6 Å². The third-order valence-corrected chi connectivity index (χ3v) is 7.49. The van der Waals surface area contributed by atoms with Crippen LogP contribution in [0.1, 0.15) is 51.4 Å². The summed E-state index contributed by atoms with van der Waals surface area (Å²) in [6, 6.07) is 2.08. The third-order valence-electron chi connectivity index (χ3n) is 7.49. The molecule has 0 radical (unpaired) electrons. The Morgan fingerprint density at radius 2 is 1.88 bits per heavy atom. The zero-order chi connectivity index (χ0) is 16.1. The summed E-state index contributed by atoms with van der Waals surface area (Å²) in [6.07, 6.45) is 11.2. The van der Waals surface area contributed by atoms with Crippen molar-refractivity contribution in [3.63, 3.8) is 0 Å². The third kappa shape index (κ3) is 2.38. The molecule has 3 unspecified atom stereocenters. The Morgan fingerprint density at radius 1 is 1.08 bits per heavy atom. The second-order valence-corrected chi connectivity index (χ2v) is 8.71. The first kappa shape index (κ1) is 15.4. The highest BCUT2D eigenvalue weighted by Gasteiger charge is 2.66. The zero-order valence-corrected chi connectivity index (χ0v) is 15.0. The number of fused-ring (bicyclic) bond motifs is 2. The molecule has 2 saturated heterocycles. The Kier molecular flexibility index (Phi) is 3.78. The molecule has 5 aliphatic rings. The lowest BCUT2D eigenvalue weighted by Crippen LogP contribution is -2.72. The largest absolute Gasteiger partial charge is 0.377 e. The second kappa shape index (κ2) is 5.87. The number of nitrogens with zero attached hydrogens (tertiary/aromatic N) is 2. The van der Waals surface area contributed by atoms with Crippen molar-refractivity contribution < 1.29 is 4.74 Å². The van der Waals surface area contributed by atoms with E-state index >= 15 is 0 Å². The van der Waals surface area contributed by atoms with Crippen molar-refractivity contribution in [2.75, 3.05) is 26.7 Å². The highest BCUT2D eigenvalue weighted by atomic mass is 16.5. The second-order valence-electron chi connectivity index (χ2n) is 8.71. The Morgan fingerprint density at radius 3 is 2.50 bits per heavy atom. The maximum absolute atomic E-state index is 6.04. The Bertz CT molecular complexity index is 505. The number of aliphatic imine (C=N–C) groups is 1. The average molecular weight is 332 g/mol. The fourth-order valence-corrected chi connectivity index (χ4v) is 5.82. The van der Waals surface area contributed by atoms with Crippen molar-refractivity contribution in [3.05, 3.63) is 0 Å². The van der Waals surface area contributed by atoms with Crippen LogP contribution in [0.25, 0.3) is 0 Å². The molecular weight excluding hydrogens is 300 g/mol. The molecule has 0 bridgehead atoms. The first-order chi connectivity index (χ1) is 11.8. The van der Waals surface area contributed by atoms with E-state index in [2.05, 4.69) is 20.5 Å². The summed E-state index contributed by atoms with van der Waals surface area (Å²) >= 11 is 0. The molecular formula is C19H32N4O. The topological polar surface area (TPSA) is 48.9 Å². The van der Waals surface area contributed by atoms with Crippen LogP contribution in [-0.4, -0.2) is 61.8 Å². The van der Waals surface area contributed by atoms with E-state index in [-0.39, 0.29) is 0 Å². The van der Waals surface area contributed by atoms with Gasteiger partial charge in [-0.25, -0.2) is 0 Å². The van der Waals surface area contributed by atoms with E-state index in [1.54, 1.807) is 0 Å². The number of hydrogen-bond acceptors (Lipinski definition) is 3. The molecule has 1 spiro atoms. The molecule has 2 heterocycles. The van der Waals surface area contributed by atoms with Gasteiger partial charge in [-0.1, -0.05) is 6.42 Å². The van der Waals surface area contributed by atoms with E-state index in [0.29, 0.717) is 29.5 Å². The standard InChI is InChI=1S/C19H32N4O/c1-20-18(21-13-5-10-23(11-6-13)14-3-4-14)22-16-15-7-12-24-17(15)19(16)8-2-9-19/h13-17H,2-12H2,1H3,(H2,20,21,22). The van der Waals surface area contributed by atoms with E-state index in [1.807, 2.05) is 7.05 Å². The summed E-state index contributed by atoms with van der Waals surface area (Å²) < 4.78 is 6.04. The molecule has 0 amide bonds. The molecule has 3 aliphatic carbocycles. The van der Waals surface area contributed by atoms with Gasteiger partial charge in [-0.2, -0.15) is 0 Å². The van der Waals surface area contributed by atoms with Gasteiger partial charge in [0.2, 0.25) is 0 Å². The van der Waals surface area contributed by atoms with Crippen LogP contribution in [0.4, 0.5) is 0 Å². The number of ether oxygens (including phenoxy) is 1. The number of piperidine rings is 1. The summed E-state index contributed by atoms with van der Waals surface area (Å²) in [5.74, 6) is 1.74. The van der Waals surface area contributed by atoms with Crippen LogP contribution in [0, 0.1) is 11.3 Å². The van der Waals surface area contributed by atoms with Gasteiger partial charge in [0, 0.05) is 56.2 Å². The Balaban J connectivity index is 1.17. The number of likely N-dealkylation sites (tertiary alicyclic amines) is 1. The molecule has 24 heavy (non-hydrogen) atoms. The van der Waals surface area contributed by atoms with Crippen molar-refractivity contribution in [1.82, 2.24) is 15.5 Å². The van der Waals surface area contributed by atoms with E-state index in [4.69, 9.17) is 4.74 Å². The number of hydrogen-bond donors (Lipinski definition) is 2. The number of guanidine groups is 1. The molecule has 5 fully saturated rings. The first-order valence-corrected chi connectivity index (χ1v) is 10.2. The number of nitrogens with one attached hydrogen (secondary N) is 2. The first-order valence-electron chi connectivity index (χ1n) is 10.2. The van der Waals surface area contributed by atoms with Crippen LogP contribution in [0.5, 0.6) is 0 Å². The monoisotopic (exact) mass is 332 g/mol. The van der Waals surface area contributed by atoms with Gasteiger partial charge in [0.1, 0.15) is 0 Å². The summed E-state index contributed by atoms with van der Waals surface area (Å²) in [7, 11) is 1.92. The smallest absolute Gasteiger partial charge is 0.191 e. The Hall–Kier alpha value is -0.810. The lowest BCUT2D eigenvalue weighted by Gasteiger charge is -2.63. The predicted octanol–water partition coefficient (Wildman–Crippen LogP) is 1.74.